The van der Waals surface area contributed by atoms with Gasteiger partial charge in [0.25, 0.3) is 0 Å². The second-order valence-electron chi connectivity index (χ2n) is 9.59. The lowest BCUT2D eigenvalue weighted by Gasteiger charge is -2.40. The van der Waals surface area contributed by atoms with Gasteiger partial charge in [0.15, 0.2) is 5.78 Å². The van der Waals surface area contributed by atoms with Gasteiger partial charge in [0, 0.05) is 34.0 Å². The Morgan fingerprint density at radius 2 is 1.73 bits per heavy atom. The van der Waals surface area contributed by atoms with Crippen LogP contribution in [-0.2, 0) is 17.6 Å². The molecule has 37 heavy (non-hydrogen) atoms. The van der Waals surface area contributed by atoms with Gasteiger partial charge < -0.3 is 11.5 Å². The fraction of sp³-hybridized carbons (Fsp3) is 0.286. The predicted octanol–water partition coefficient (Wildman–Crippen LogP) is 5.36. The van der Waals surface area contributed by atoms with E-state index in [1.165, 1.54) is 17.0 Å². The molecule has 0 spiro atoms. The molecule has 3 aromatic rings. The highest BCUT2D eigenvalue weighted by molar-refractivity contribution is 7.16. The maximum absolute atomic E-state index is 13.9. The number of hydrogen-bond donors (Lipinski definition) is 2. The number of fused-ring (bicyclic) bond motifs is 2. The topological polar surface area (TPSA) is 133 Å². The van der Waals surface area contributed by atoms with Crippen molar-refractivity contribution >= 4 is 39.4 Å². The van der Waals surface area contributed by atoms with Crippen LogP contribution in [0.1, 0.15) is 70.7 Å². The number of allylic oxidation sites excluding steroid dienone is 2. The lowest BCUT2D eigenvalue weighted by atomic mass is 9.74. The molecule has 2 aromatic heterocycles. The first-order valence-corrected chi connectivity index (χ1v) is 13.1. The first kappa shape index (κ1) is 23.2. The number of rotatable bonds is 2. The number of nitriles is 2. The molecular formula is C28H23FN6OS. The lowest BCUT2D eigenvalue weighted by molar-refractivity contribution is -0.116. The van der Waals surface area contributed by atoms with Gasteiger partial charge in [-0.1, -0.05) is 12.1 Å². The maximum atomic E-state index is 13.9. The maximum Gasteiger partial charge on any atom is 0.161 e. The van der Waals surface area contributed by atoms with Gasteiger partial charge in [-0.05, 0) is 61.8 Å². The number of halogens is 1. The summed E-state index contributed by atoms with van der Waals surface area (Å²) < 4.78 is 13.9. The third-order valence-corrected chi connectivity index (χ3v) is 8.83. The third-order valence-electron chi connectivity index (χ3n) is 7.55. The van der Waals surface area contributed by atoms with Gasteiger partial charge in [-0.2, -0.15) is 10.5 Å². The summed E-state index contributed by atoms with van der Waals surface area (Å²) in [6.07, 6.45) is 5.47. The summed E-state index contributed by atoms with van der Waals surface area (Å²) in [5.41, 5.74) is 17.2. The number of anilines is 4. The van der Waals surface area contributed by atoms with Crippen molar-refractivity contribution in [2.24, 2.45) is 0 Å². The van der Waals surface area contributed by atoms with Crippen LogP contribution in [0.4, 0.5) is 26.7 Å². The number of thiophene rings is 1. The van der Waals surface area contributed by atoms with Crippen LogP contribution in [0.15, 0.2) is 35.5 Å². The Morgan fingerprint density at radius 1 is 1.00 bits per heavy atom. The summed E-state index contributed by atoms with van der Waals surface area (Å²) in [7, 11) is 0. The summed E-state index contributed by atoms with van der Waals surface area (Å²) in [6.45, 7) is 0. The van der Waals surface area contributed by atoms with Gasteiger partial charge in [-0.3, -0.25) is 9.69 Å². The SMILES string of the molecule is N#Cc1c(N)nc2c(c1N)[C@H](c1ccc(F)cc1)C1=C(CCCC1=O)N2c1sc2c(c1C#N)CCCC2. The Hall–Kier alpha value is -4.21. The van der Waals surface area contributed by atoms with E-state index in [1.54, 1.807) is 23.5 Å². The number of nitrogen functional groups attached to an aromatic ring is 2. The average molecular weight is 511 g/mol. The fourth-order valence-electron chi connectivity index (χ4n) is 5.91. The van der Waals surface area contributed by atoms with Crippen molar-refractivity contribution < 1.29 is 9.18 Å². The van der Waals surface area contributed by atoms with E-state index >= 15 is 0 Å². The number of nitrogens with two attached hydrogens (primary N) is 2. The van der Waals surface area contributed by atoms with Gasteiger partial charge in [-0.15, -0.1) is 11.3 Å². The average Bonchev–Trinajstić information content (AvgIpc) is 3.26. The normalized spacial score (nSPS) is 18.5. The van der Waals surface area contributed by atoms with Gasteiger partial charge in [-0.25, -0.2) is 9.37 Å². The first-order chi connectivity index (χ1) is 17.9. The molecule has 1 aliphatic heterocycles. The van der Waals surface area contributed by atoms with Crippen molar-refractivity contribution in [1.29, 1.82) is 10.5 Å². The minimum Gasteiger partial charge on any atom is -0.397 e. The lowest BCUT2D eigenvalue weighted by Crippen LogP contribution is -2.34. The molecule has 184 valence electrons. The molecule has 0 amide bonds. The number of nitrogens with zero attached hydrogens (tertiary/aromatic N) is 4. The van der Waals surface area contributed by atoms with Gasteiger partial charge >= 0.3 is 0 Å². The summed E-state index contributed by atoms with van der Waals surface area (Å²) in [5.74, 6) is -0.634. The zero-order chi connectivity index (χ0) is 25.8. The van der Waals surface area contributed by atoms with Crippen LogP contribution in [0.25, 0.3) is 0 Å². The molecule has 9 heteroatoms. The molecule has 0 bridgehead atoms. The molecule has 1 aromatic carbocycles. The predicted molar refractivity (Wildman–Crippen MR) is 140 cm³/mol. The largest absolute Gasteiger partial charge is 0.397 e. The zero-order valence-electron chi connectivity index (χ0n) is 20.0. The molecular weight excluding hydrogens is 487 g/mol. The van der Waals surface area contributed by atoms with E-state index in [0.717, 1.165) is 36.9 Å². The van der Waals surface area contributed by atoms with Crippen molar-refractivity contribution in [3.8, 4) is 12.1 Å². The number of Topliss-reactive ketones (excluding diaryl/α,β-unsaturated/α-hetero) is 1. The molecule has 4 N–H and O–H groups in total. The van der Waals surface area contributed by atoms with Crippen molar-refractivity contribution in [3.63, 3.8) is 0 Å². The van der Waals surface area contributed by atoms with Gasteiger partial charge in [0.05, 0.1) is 11.3 Å². The van der Waals surface area contributed by atoms with Gasteiger partial charge in [0.1, 0.15) is 40.2 Å². The summed E-state index contributed by atoms with van der Waals surface area (Å²) in [6, 6.07) is 10.4. The monoisotopic (exact) mass is 510 g/mol. The molecule has 0 saturated heterocycles. The molecule has 0 radical (unpaired) electrons. The van der Waals surface area contributed by atoms with Crippen molar-refractivity contribution in [1.82, 2.24) is 4.98 Å². The number of hydrogen-bond acceptors (Lipinski definition) is 8. The summed E-state index contributed by atoms with van der Waals surface area (Å²) in [4.78, 5) is 21.3. The van der Waals surface area contributed by atoms with Crippen LogP contribution >= 0.6 is 11.3 Å². The molecule has 2 aliphatic carbocycles. The fourth-order valence-corrected chi connectivity index (χ4v) is 7.27. The smallest absolute Gasteiger partial charge is 0.161 e. The van der Waals surface area contributed by atoms with Crippen molar-refractivity contribution in [2.45, 2.75) is 50.9 Å². The van der Waals surface area contributed by atoms with Crippen LogP contribution in [0.2, 0.25) is 0 Å². The zero-order valence-corrected chi connectivity index (χ0v) is 20.8. The molecule has 0 saturated carbocycles. The highest BCUT2D eigenvalue weighted by Crippen LogP contribution is 2.55. The van der Waals surface area contributed by atoms with Crippen molar-refractivity contribution in [2.75, 3.05) is 16.4 Å². The highest BCUT2D eigenvalue weighted by atomic mass is 32.1. The number of ketones is 1. The van der Waals surface area contributed by atoms with Crippen LogP contribution in [-0.4, -0.2) is 10.8 Å². The number of benzene rings is 1. The Kier molecular flexibility index (Phi) is 5.47. The molecule has 3 aliphatic rings. The van der Waals surface area contributed by atoms with E-state index in [0.29, 0.717) is 52.3 Å². The Bertz CT molecular complexity index is 1590. The number of carbonyl (C=O) groups excluding carboxylic acids is 1. The molecule has 0 unspecified atom stereocenters. The van der Waals surface area contributed by atoms with E-state index in [9.17, 15) is 19.7 Å². The van der Waals surface area contributed by atoms with Crippen molar-refractivity contribution in [3.05, 3.63) is 74.0 Å². The minimum absolute atomic E-state index is 0.00683. The summed E-state index contributed by atoms with van der Waals surface area (Å²) >= 11 is 1.56. The molecule has 1 atom stereocenters. The Morgan fingerprint density at radius 3 is 2.46 bits per heavy atom. The number of aromatic nitrogens is 1. The molecule has 7 nitrogen and oxygen atoms in total. The second-order valence-corrected chi connectivity index (χ2v) is 10.7. The third kappa shape index (κ3) is 3.42. The van der Waals surface area contributed by atoms with Crippen LogP contribution in [0, 0.1) is 28.5 Å². The van der Waals surface area contributed by atoms with E-state index < -0.39 is 11.7 Å². The Labute approximate surface area is 217 Å². The first-order valence-electron chi connectivity index (χ1n) is 12.3. The molecule has 6 rings (SSSR count). The highest BCUT2D eigenvalue weighted by Gasteiger charge is 2.43. The van der Waals surface area contributed by atoms with E-state index in [1.807, 2.05) is 4.90 Å². The standard InChI is InChI=1S/C28H23FN6OS/c29-15-10-8-14(9-11-15)22-23-19(5-3-6-20(23)36)35(27-24(22)25(32)18(13-31)26(33)34-27)28-17(12-30)16-4-1-2-7-21(16)37-28/h8-11,22H,1-7H2,(H4,32,33,34)/t22-/m1/s1. The van der Waals surface area contributed by atoms with E-state index in [2.05, 4.69) is 17.1 Å². The Balaban J connectivity index is 1.72. The van der Waals surface area contributed by atoms with E-state index in [4.69, 9.17) is 11.5 Å². The number of aryl methyl sites for hydroxylation is 1. The molecule has 0 fully saturated rings. The van der Waals surface area contributed by atoms with E-state index in [-0.39, 0.29) is 22.9 Å². The van der Waals surface area contributed by atoms with Crippen LogP contribution < -0.4 is 16.4 Å². The van der Waals surface area contributed by atoms with Crippen LogP contribution in [0.5, 0.6) is 0 Å². The second kappa shape index (κ2) is 8.72. The van der Waals surface area contributed by atoms with Gasteiger partial charge in [0.2, 0.25) is 0 Å². The number of carbonyl (C=O) groups is 1. The van der Waals surface area contributed by atoms with Crippen LogP contribution in [0.3, 0.4) is 0 Å². The summed E-state index contributed by atoms with van der Waals surface area (Å²) in [5, 5.41) is 20.8. The quantitative estimate of drug-likeness (QED) is 0.474. The number of pyridine rings is 1. The molecule has 3 heterocycles. The minimum atomic E-state index is -0.630.